The number of hydrogen-bond donors (Lipinski definition) is 4. The van der Waals surface area contributed by atoms with Crippen LogP contribution in [0.3, 0.4) is 0 Å². The number of hydrogen-bond acceptors (Lipinski definition) is 7. The number of aromatic nitrogens is 2. The summed E-state index contributed by atoms with van der Waals surface area (Å²) in [5.41, 5.74) is 1.38. The second-order valence-electron chi connectivity index (χ2n) is 5.58. The summed E-state index contributed by atoms with van der Waals surface area (Å²) < 4.78 is 26.1. The summed E-state index contributed by atoms with van der Waals surface area (Å²) in [5, 5.41) is 15.9. The van der Waals surface area contributed by atoms with Gasteiger partial charge in [-0.3, -0.25) is 4.72 Å². The molecule has 3 rings (SSSR count). The maximum absolute atomic E-state index is 11.6. The molecule has 10 heteroatoms. The van der Waals surface area contributed by atoms with Crippen molar-refractivity contribution in [2.24, 2.45) is 0 Å². The van der Waals surface area contributed by atoms with E-state index >= 15 is 0 Å². The highest BCUT2D eigenvalue weighted by molar-refractivity contribution is 9.10. The molecule has 8 nitrogen and oxygen atoms in total. The topological polar surface area (TPSA) is 116 Å². The number of para-hydroxylation sites is 4. The first-order valence-corrected chi connectivity index (χ1v) is 10.4. The summed E-state index contributed by atoms with van der Waals surface area (Å²) in [6.45, 7) is 0. The summed E-state index contributed by atoms with van der Waals surface area (Å²) in [7, 11) is -3.43. The van der Waals surface area contributed by atoms with Crippen LogP contribution in [0.4, 0.5) is 28.8 Å². The van der Waals surface area contributed by atoms with Crippen molar-refractivity contribution in [2.75, 3.05) is 21.6 Å². The van der Waals surface area contributed by atoms with Gasteiger partial charge in [-0.25, -0.2) is 13.4 Å². The van der Waals surface area contributed by atoms with E-state index in [0.29, 0.717) is 27.4 Å². The maximum Gasteiger partial charge on any atom is 0.229 e. The summed E-state index contributed by atoms with van der Waals surface area (Å²) in [6.07, 6.45) is 2.63. The lowest BCUT2D eigenvalue weighted by atomic mass is 10.2. The molecule has 0 aliphatic rings. The fourth-order valence-electron chi connectivity index (χ4n) is 2.22. The van der Waals surface area contributed by atoms with Crippen molar-refractivity contribution in [1.29, 1.82) is 0 Å². The zero-order valence-corrected chi connectivity index (χ0v) is 16.5. The second-order valence-corrected chi connectivity index (χ2v) is 8.18. The molecule has 2 aromatic carbocycles. The van der Waals surface area contributed by atoms with Crippen molar-refractivity contribution >= 4 is 54.8 Å². The highest BCUT2D eigenvalue weighted by Gasteiger charge is 2.11. The zero-order chi connectivity index (χ0) is 19.4. The Morgan fingerprint density at radius 3 is 2.26 bits per heavy atom. The van der Waals surface area contributed by atoms with Gasteiger partial charge in [-0.05, 0) is 40.2 Å². The minimum atomic E-state index is -3.43. The molecule has 0 saturated heterocycles. The molecule has 0 radical (unpaired) electrons. The predicted molar refractivity (Wildman–Crippen MR) is 109 cm³/mol. The van der Waals surface area contributed by atoms with E-state index in [4.69, 9.17) is 0 Å². The average molecular weight is 450 g/mol. The van der Waals surface area contributed by atoms with E-state index in [-0.39, 0.29) is 11.7 Å². The summed E-state index contributed by atoms with van der Waals surface area (Å²) in [6, 6.07) is 13.6. The molecule has 0 bridgehead atoms. The maximum atomic E-state index is 11.6. The van der Waals surface area contributed by atoms with Gasteiger partial charge in [0, 0.05) is 6.20 Å². The Bertz CT molecular complexity index is 1080. The van der Waals surface area contributed by atoms with Crippen molar-refractivity contribution in [3.63, 3.8) is 0 Å². The molecule has 0 atom stereocenters. The summed E-state index contributed by atoms with van der Waals surface area (Å²) >= 11 is 3.37. The molecule has 0 aliphatic heterocycles. The first kappa shape index (κ1) is 18.9. The Kier molecular flexibility index (Phi) is 5.47. The number of anilines is 5. The number of benzene rings is 2. The Morgan fingerprint density at radius 1 is 0.963 bits per heavy atom. The number of phenols is 1. The van der Waals surface area contributed by atoms with Gasteiger partial charge in [-0.1, -0.05) is 24.3 Å². The van der Waals surface area contributed by atoms with E-state index in [0.717, 1.165) is 6.26 Å². The lowest BCUT2D eigenvalue weighted by Gasteiger charge is -2.14. The molecule has 27 heavy (non-hydrogen) atoms. The van der Waals surface area contributed by atoms with Crippen LogP contribution in [0.1, 0.15) is 0 Å². The molecular formula is C17H16BrN5O3S. The first-order chi connectivity index (χ1) is 12.8. The molecule has 0 fully saturated rings. The number of sulfonamides is 1. The van der Waals surface area contributed by atoms with Crippen LogP contribution in [0.2, 0.25) is 0 Å². The van der Waals surface area contributed by atoms with Crippen LogP contribution in [0, 0.1) is 0 Å². The zero-order valence-electron chi connectivity index (χ0n) is 14.1. The van der Waals surface area contributed by atoms with Crippen LogP contribution in [-0.4, -0.2) is 29.7 Å². The Morgan fingerprint density at radius 2 is 1.59 bits per heavy atom. The van der Waals surface area contributed by atoms with Crippen molar-refractivity contribution in [3.05, 3.63) is 59.2 Å². The number of phenolic OH excluding ortho intramolecular Hbond substituents is 1. The van der Waals surface area contributed by atoms with E-state index in [9.17, 15) is 13.5 Å². The lowest BCUT2D eigenvalue weighted by molar-refractivity contribution is 0.477. The molecule has 140 valence electrons. The number of nitrogens with one attached hydrogen (secondary N) is 3. The van der Waals surface area contributed by atoms with Crippen LogP contribution in [0.15, 0.2) is 59.2 Å². The molecule has 1 heterocycles. The van der Waals surface area contributed by atoms with Crippen molar-refractivity contribution in [3.8, 4) is 5.75 Å². The fourth-order valence-corrected chi connectivity index (χ4v) is 3.09. The van der Waals surface area contributed by atoms with E-state index in [2.05, 4.69) is 41.3 Å². The van der Waals surface area contributed by atoms with Crippen molar-refractivity contribution in [1.82, 2.24) is 9.97 Å². The Hall–Kier alpha value is -2.85. The molecule has 0 unspecified atom stereocenters. The van der Waals surface area contributed by atoms with E-state index in [1.165, 1.54) is 0 Å². The third-order valence-electron chi connectivity index (χ3n) is 3.37. The number of aromatic hydroxyl groups is 1. The minimum Gasteiger partial charge on any atom is -0.506 e. The second kappa shape index (κ2) is 7.80. The smallest absolute Gasteiger partial charge is 0.229 e. The van der Waals surface area contributed by atoms with Gasteiger partial charge < -0.3 is 15.7 Å². The quantitative estimate of drug-likeness (QED) is 0.422. The summed E-state index contributed by atoms with van der Waals surface area (Å²) in [4.78, 5) is 8.54. The molecule has 1 aromatic heterocycles. The fraction of sp³-hybridized carbons (Fsp3) is 0.0588. The largest absolute Gasteiger partial charge is 0.506 e. The Balaban J connectivity index is 1.89. The van der Waals surface area contributed by atoms with Gasteiger partial charge in [-0.2, -0.15) is 4.98 Å². The molecule has 3 aromatic rings. The molecule has 0 aliphatic carbocycles. The molecule has 0 spiro atoms. The summed E-state index contributed by atoms with van der Waals surface area (Å²) in [5.74, 6) is 0.752. The average Bonchev–Trinajstić information content (AvgIpc) is 2.60. The standard InChI is InChI=1S/C17H16BrN5O3S/c1-27(25,26)23-13-7-3-2-6-12(13)20-16-11(18)10-19-17(22-16)21-14-8-4-5-9-15(14)24/h2-10,23-24H,1H3,(H2,19,20,21,22). The normalized spacial score (nSPS) is 11.0. The number of nitrogens with zero attached hydrogens (tertiary/aromatic N) is 2. The number of halogens is 1. The highest BCUT2D eigenvalue weighted by atomic mass is 79.9. The van der Waals surface area contributed by atoms with Crippen LogP contribution < -0.4 is 15.4 Å². The molecule has 4 N–H and O–H groups in total. The van der Waals surface area contributed by atoms with Crippen LogP contribution in [0.25, 0.3) is 0 Å². The molecule has 0 saturated carbocycles. The molecular weight excluding hydrogens is 434 g/mol. The van der Waals surface area contributed by atoms with Gasteiger partial charge in [0.1, 0.15) is 11.6 Å². The highest BCUT2D eigenvalue weighted by Crippen LogP contribution is 2.30. The van der Waals surface area contributed by atoms with Crippen LogP contribution in [-0.2, 0) is 10.0 Å². The van der Waals surface area contributed by atoms with Crippen molar-refractivity contribution < 1.29 is 13.5 Å². The van der Waals surface area contributed by atoms with Gasteiger partial charge in [0.05, 0.1) is 27.8 Å². The molecule has 0 amide bonds. The van der Waals surface area contributed by atoms with Gasteiger partial charge >= 0.3 is 0 Å². The lowest BCUT2D eigenvalue weighted by Crippen LogP contribution is -2.11. The first-order valence-electron chi connectivity index (χ1n) is 7.73. The monoisotopic (exact) mass is 449 g/mol. The minimum absolute atomic E-state index is 0.0706. The Labute approximate surface area is 164 Å². The van der Waals surface area contributed by atoms with Gasteiger partial charge in [0.2, 0.25) is 16.0 Å². The van der Waals surface area contributed by atoms with E-state index < -0.39 is 10.0 Å². The van der Waals surface area contributed by atoms with E-state index in [1.807, 2.05) is 0 Å². The SMILES string of the molecule is CS(=O)(=O)Nc1ccccc1Nc1nc(Nc2ccccc2O)ncc1Br. The van der Waals surface area contributed by atoms with Crippen molar-refractivity contribution in [2.45, 2.75) is 0 Å². The van der Waals surface area contributed by atoms with Crippen LogP contribution in [0.5, 0.6) is 5.75 Å². The van der Waals surface area contributed by atoms with Gasteiger partial charge in [0.25, 0.3) is 0 Å². The van der Waals surface area contributed by atoms with E-state index in [1.54, 1.807) is 54.7 Å². The van der Waals surface area contributed by atoms with Gasteiger partial charge in [-0.15, -0.1) is 0 Å². The third-order valence-corrected chi connectivity index (χ3v) is 4.54. The third kappa shape index (κ3) is 5.08. The van der Waals surface area contributed by atoms with Crippen LogP contribution >= 0.6 is 15.9 Å². The number of rotatable bonds is 6. The van der Waals surface area contributed by atoms with Gasteiger partial charge in [0.15, 0.2) is 0 Å². The predicted octanol–water partition coefficient (Wildman–Crippen LogP) is 3.80.